The Balaban J connectivity index is 2.03. The minimum Gasteiger partial charge on any atom is -0.309 e. The molecule has 3 aromatic rings. The maximum atomic E-state index is 12.4. The van der Waals surface area contributed by atoms with Gasteiger partial charge in [-0.3, -0.25) is 4.79 Å². The van der Waals surface area contributed by atoms with Gasteiger partial charge in [0.25, 0.3) is 5.56 Å². The molecule has 0 aliphatic carbocycles. The topological polar surface area (TPSA) is 95.3 Å². The summed E-state index contributed by atoms with van der Waals surface area (Å²) < 4.78 is 0. The number of nitriles is 1. The number of aryl methyl sites for hydroxylation is 4. The van der Waals surface area contributed by atoms with Crippen molar-refractivity contribution in [3.05, 3.63) is 43.7 Å². The number of rotatable bonds is 3. The molecule has 3 aromatic heterocycles. The second-order valence-corrected chi connectivity index (χ2v) is 8.36. The fraction of sp³-hybridized carbons (Fsp3) is 0.353. The summed E-state index contributed by atoms with van der Waals surface area (Å²) >= 11 is 2.93. The van der Waals surface area contributed by atoms with Gasteiger partial charge in [-0.1, -0.05) is 11.8 Å². The van der Waals surface area contributed by atoms with Gasteiger partial charge in [-0.15, -0.1) is 11.3 Å². The molecule has 128 valence electrons. The summed E-state index contributed by atoms with van der Waals surface area (Å²) in [6.45, 7) is 9.47. The molecular weight excluding hydrogens is 354 g/mol. The molecule has 0 saturated carbocycles. The fourth-order valence-corrected chi connectivity index (χ4v) is 4.67. The third-order valence-electron chi connectivity index (χ3n) is 4.01. The van der Waals surface area contributed by atoms with Crippen LogP contribution in [0.2, 0.25) is 0 Å². The Labute approximate surface area is 153 Å². The van der Waals surface area contributed by atoms with Gasteiger partial charge >= 0.3 is 0 Å². The number of aromatic amines is 1. The van der Waals surface area contributed by atoms with Crippen LogP contribution < -0.4 is 5.56 Å². The van der Waals surface area contributed by atoms with E-state index in [2.05, 4.69) is 26.0 Å². The van der Waals surface area contributed by atoms with Crippen LogP contribution in [0.5, 0.6) is 0 Å². The lowest BCUT2D eigenvalue weighted by Crippen LogP contribution is -2.12. The predicted octanol–water partition coefficient (Wildman–Crippen LogP) is 3.73. The van der Waals surface area contributed by atoms with E-state index < -0.39 is 0 Å². The Morgan fingerprint density at radius 2 is 1.92 bits per heavy atom. The number of hydrogen-bond acceptors (Lipinski definition) is 7. The van der Waals surface area contributed by atoms with E-state index in [9.17, 15) is 10.1 Å². The molecule has 25 heavy (non-hydrogen) atoms. The van der Waals surface area contributed by atoms with Crippen LogP contribution in [0.3, 0.4) is 0 Å². The molecule has 3 heterocycles. The molecule has 0 saturated heterocycles. The first-order valence-corrected chi connectivity index (χ1v) is 9.43. The van der Waals surface area contributed by atoms with Crippen LogP contribution in [-0.2, 0) is 0 Å². The Kier molecular flexibility index (Phi) is 4.62. The van der Waals surface area contributed by atoms with Crippen LogP contribution in [-0.4, -0.2) is 19.9 Å². The quantitative estimate of drug-likeness (QED) is 0.557. The van der Waals surface area contributed by atoms with E-state index in [4.69, 9.17) is 0 Å². The van der Waals surface area contributed by atoms with E-state index in [1.165, 1.54) is 23.1 Å². The maximum absolute atomic E-state index is 12.4. The van der Waals surface area contributed by atoms with E-state index in [1.54, 1.807) is 13.8 Å². The predicted molar refractivity (Wildman–Crippen MR) is 100 cm³/mol. The van der Waals surface area contributed by atoms with Crippen molar-refractivity contribution < 1.29 is 0 Å². The molecule has 0 spiro atoms. The van der Waals surface area contributed by atoms with E-state index in [1.807, 2.05) is 20.8 Å². The monoisotopic (exact) mass is 371 g/mol. The lowest BCUT2D eigenvalue weighted by Gasteiger charge is -2.12. The number of aromatic nitrogens is 4. The highest BCUT2D eigenvalue weighted by molar-refractivity contribution is 7.99. The molecule has 6 nitrogen and oxygen atoms in total. The molecule has 0 amide bonds. The van der Waals surface area contributed by atoms with E-state index in [0.717, 1.165) is 15.3 Å². The Morgan fingerprint density at radius 3 is 2.60 bits per heavy atom. The highest BCUT2D eigenvalue weighted by Crippen LogP contribution is 2.35. The van der Waals surface area contributed by atoms with Crippen molar-refractivity contribution in [3.8, 4) is 6.07 Å². The Hall–Kier alpha value is -2.24. The molecule has 0 bridgehead atoms. The standard InChI is InChI=1S/C17H17N5OS2/c1-7-9(3)24-17-13(7)15(23)21-14(22-17)10(4)25-16-12(6-18)8(2)19-11(5)20-16/h10H,1-5H3,(H,21,22,23). The van der Waals surface area contributed by atoms with Crippen molar-refractivity contribution in [1.82, 2.24) is 19.9 Å². The van der Waals surface area contributed by atoms with E-state index >= 15 is 0 Å². The average Bonchev–Trinajstić information content (AvgIpc) is 2.82. The second-order valence-electron chi connectivity index (χ2n) is 5.82. The molecule has 1 unspecified atom stereocenters. The summed E-state index contributed by atoms with van der Waals surface area (Å²) in [5.41, 5.74) is 1.99. The first-order chi connectivity index (χ1) is 11.8. The van der Waals surface area contributed by atoms with Crippen molar-refractivity contribution in [2.75, 3.05) is 0 Å². The first-order valence-electron chi connectivity index (χ1n) is 7.73. The number of nitrogens with zero attached hydrogens (tertiary/aromatic N) is 4. The number of H-pyrrole nitrogens is 1. The van der Waals surface area contributed by atoms with Gasteiger partial charge in [0.2, 0.25) is 0 Å². The van der Waals surface area contributed by atoms with Crippen LogP contribution >= 0.6 is 23.1 Å². The fourth-order valence-electron chi connectivity index (χ4n) is 2.58. The van der Waals surface area contributed by atoms with Crippen LogP contribution in [0.1, 0.15) is 45.5 Å². The van der Waals surface area contributed by atoms with Gasteiger partial charge in [0, 0.05) is 4.88 Å². The number of hydrogen-bond donors (Lipinski definition) is 1. The highest BCUT2D eigenvalue weighted by Gasteiger charge is 2.19. The normalized spacial score (nSPS) is 12.3. The van der Waals surface area contributed by atoms with Crippen LogP contribution in [0.25, 0.3) is 10.2 Å². The zero-order valence-corrected chi connectivity index (χ0v) is 16.2. The smallest absolute Gasteiger partial charge is 0.259 e. The van der Waals surface area contributed by atoms with Crippen LogP contribution in [0.15, 0.2) is 9.82 Å². The number of thiophene rings is 1. The van der Waals surface area contributed by atoms with Crippen molar-refractivity contribution in [2.24, 2.45) is 0 Å². The van der Waals surface area contributed by atoms with E-state index in [0.29, 0.717) is 33.3 Å². The number of thioether (sulfide) groups is 1. The van der Waals surface area contributed by atoms with Gasteiger partial charge in [0.05, 0.1) is 16.3 Å². The molecular formula is C17H17N5OS2. The van der Waals surface area contributed by atoms with Crippen molar-refractivity contribution in [3.63, 3.8) is 0 Å². The molecule has 0 aliphatic heterocycles. The highest BCUT2D eigenvalue weighted by atomic mass is 32.2. The third kappa shape index (κ3) is 3.17. The van der Waals surface area contributed by atoms with E-state index in [-0.39, 0.29) is 10.8 Å². The molecule has 1 N–H and O–H groups in total. The van der Waals surface area contributed by atoms with Crippen molar-refractivity contribution in [1.29, 1.82) is 5.26 Å². The maximum Gasteiger partial charge on any atom is 0.259 e. The van der Waals surface area contributed by atoms with Gasteiger partial charge in [0.15, 0.2) is 0 Å². The molecule has 1 atom stereocenters. The molecule has 0 radical (unpaired) electrons. The molecule has 0 aliphatic rings. The molecule has 3 rings (SSSR count). The van der Waals surface area contributed by atoms with Gasteiger partial charge in [-0.2, -0.15) is 5.26 Å². The zero-order chi connectivity index (χ0) is 18.3. The SMILES string of the molecule is Cc1nc(C)c(C#N)c(SC(C)c2nc3sc(C)c(C)c3c(=O)[nH]2)n1. The van der Waals surface area contributed by atoms with Crippen molar-refractivity contribution >= 4 is 33.3 Å². The minimum absolute atomic E-state index is 0.121. The summed E-state index contributed by atoms with van der Waals surface area (Å²) in [7, 11) is 0. The first kappa shape index (κ1) is 17.6. The second kappa shape index (κ2) is 6.58. The van der Waals surface area contributed by atoms with Crippen LogP contribution in [0, 0.1) is 39.0 Å². The largest absolute Gasteiger partial charge is 0.309 e. The van der Waals surface area contributed by atoms with Gasteiger partial charge in [-0.25, -0.2) is 15.0 Å². The molecule has 8 heteroatoms. The lowest BCUT2D eigenvalue weighted by molar-refractivity contribution is 0.896. The van der Waals surface area contributed by atoms with Gasteiger partial charge < -0.3 is 4.98 Å². The Bertz CT molecular complexity index is 1080. The van der Waals surface area contributed by atoms with Crippen molar-refractivity contribution in [2.45, 2.75) is 44.9 Å². The summed E-state index contributed by atoms with van der Waals surface area (Å²) in [4.78, 5) is 30.4. The third-order valence-corrected chi connectivity index (χ3v) is 6.21. The lowest BCUT2D eigenvalue weighted by atomic mass is 10.2. The number of nitrogens with one attached hydrogen (secondary N) is 1. The molecule has 0 fully saturated rings. The molecule has 0 aromatic carbocycles. The van der Waals surface area contributed by atoms with Gasteiger partial charge in [0.1, 0.15) is 33.1 Å². The average molecular weight is 371 g/mol. The number of fused-ring (bicyclic) bond motifs is 1. The van der Waals surface area contributed by atoms with Crippen LogP contribution in [0.4, 0.5) is 0 Å². The summed E-state index contributed by atoms with van der Waals surface area (Å²) in [6, 6.07) is 2.16. The minimum atomic E-state index is -0.152. The summed E-state index contributed by atoms with van der Waals surface area (Å²) in [5.74, 6) is 1.20. The summed E-state index contributed by atoms with van der Waals surface area (Å²) in [5, 5.41) is 10.5. The summed E-state index contributed by atoms with van der Waals surface area (Å²) in [6.07, 6.45) is 0. The van der Waals surface area contributed by atoms with Gasteiger partial charge in [-0.05, 0) is 40.2 Å². The zero-order valence-electron chi connectivity index (χ0n) is 14.6. The Morgan fingerprint density at radius 1 is 1.20 bits per heavy atom.